The van der Waals surface area contributed by atoms with Crippen molar-refractivity contribution in [1.29, 1.82) is 0 Å². The Hall–Kier alpha value is -3.60. The molecule has 5 rings (SSSR count). The SMILES string of the molecule is C=C1C(C2(C)C=CC(=O)C(C)(C)C2CC(=O)OC)C(OC(C)=O)C(OC(=O)C(C)C)C2(C)C(C3=CC(=O)NC3=O)CC3OC132. The van der Waals surface area contributed by atoms with Gasteiger partial charge in [0.05, 0.1) is 31.0 Å². The van der Waals surface area contributed by atoms with E-state index in [1.165, 1.54) is 26.2 Å². The van der Waals surface area contributed by atoms with Gasteiger partial charge < -0.3 is 18.9 Å². The predicted molar refractivity (Wildman–Crippen MR) is 154 cm³/mol. The number of carbonyl (C=O) groups is 6. The molecule has 3 fully saturated rings. The molecule has 0 bridgehead atoms. The highest BCUT2D eigenvalue weighted by Gasteiger charge is 2.84. The minimum absolute atomic E-state index is 0.116. The van der Waals surface area contributed by atoms with E-state index in [-0.39, 0.29) is 17.8 Å². The summed E-state index contributed by atoms with van der Waals surface area (Å²) in [6, 6.07) is 0. The van der Waals surface area contributed by atoms with Crippen LogP contribution < -0.4 is 5.32 Å². The van der Waals surface area contributed by atoms with Gasteiger partial charge in [-0.3, -0.25) is 34.1 Å². The summed E-state index contributed by atoms with van der Waals surface area (Å²) in [6.45, 7) is 16.4. The van der Waals surface area contributed by atoms with E-state index in [9.17, 15) is 28.8 Å². The summed E-state index contributed by atoms with van der Waals surface area (Å²) in [5, 5.41) is 2.31. The van der Waals surface area contributed by atoms with Gasteiger partial charge in [0.2, 0.25) is 0 Å². The largest absolute Gasteiger partial charge is 0.469 e. The van der Waals surface area contributed by atoms with Crippen LogP contribution in [0.4, 0.5) is 0 Å². The maximum absolute atomic E-state index is 13.4. The van der Waals surface area contributed by atoms with Crippen molar-refractivity contribution < 1.29 is 47.7 Å². The van der Waals surface area contributed by atoms with Gasteiger partial charge in [-0.15, -0.1) is 0 Å². The van der Waals surface area contributed by atoms with Gasteiger partial charge in [0.15, 0.2) is 5.78 Å². The molecule has 1 saturated heterocycles. The smallest absolute Gasteiger partial charge is 0.308 e. The van der Waals surface area contributed by atoms with Crippen LogP contribution in [-0.4, -0.2) is 66.5 Å². The minimum atomic E-state index is -1.18. The molecule has 9 unspecified atom stereocenters. The maximum Gasteiger partial charge on any atom is 0.308 e. The van der Waals surface area contributed by atoms with Gasteiger partial charge >= 0.3 is 17.9 Å². The average Bonchev–Trinajstić information content (AvgIpc) is 3.48. The molecule has 11 heteroatoms. The normalized spacial score (nSPS) is 40.2. The Bertz CT molecular complexity index is 1440. The van der Waals surface area contributed by atoms with E-state index in [1.54, 1.807) is 33.8 Å². The molecule has 11 nitrogen and oxygen atoms in total. The molecule has 2 saturated carbocycles. The zero-order valence-corrected chi connectivity index (χ0v) is 26.5. The zero-order chi connectivity index (χ0) is 32.7. The quantitative estimate of drug-likeness (QED) is 0.149. The number of hydrogen-bond acceptors (Lipinski definition) is 10. The monoisotopic (exact) mass is 611 g/mol. The molecule has 5 aliphatic rings. The van der Waals surface area contributed by atoms with Crippen molar-refractivity contribution in [3.63, 3.8) is 0 Å². The zero-order valence-electron chi connectivity index (χ0n) is 26.5. The second-order valence-corrected chi connectivity index (χ2v) is 14.0. The van der Waals surface area contributed by atoms with Crippen LogP contribution in [0.1, 0.15) is 61.3 Å². The van der Waals surface area contributed by atoms with Crippen LogP contribution in [0.2, 0.25) is 0 Å². The summed E-state index contributed by atoms with van der Waals surface area (Å²) in [4.78, 5) is 77.5. The molecule has 3 aliphatic carbocycles. The summed E-state index contributed by atoms with van der Waals surface area (Å²) in [7, 11) is 1.28. The number of methoxy groups -OCH3 is 1. The lowest BCUT2D eigenvalue weighted by Crippen LogP contribution is -2.67. The lowest BCUT2D eigenvalue weighted by Gasteiger charge is -2.59. The first kappa shape index (κ1) is 31.8. The molecule has 2 aliphatic heterocycles. The second-order valence-electron chi connectivity index (χ2n) is 14.0. The number of amides is 2. The van der Waals surface area contributed by atoms with Gasteiger partial charge in [-0.1, -0.05) is 54.2 Å². The Balaban J connectivity index is 1.75. The highest BCUT2D eigenvalue weighted by molar-refractivity contribution is 6.16. The van der Waals surface area contributed by atoms with E-state index >= 15 is 0 Å². The fourth-order valence-electron chi connectivity index (χ4n) is 8.80. The molecule has 0 aromatic heterocycles. The van der Waals surface area contributed by atoms with Crippen LogP contribution in [0, 0.1) is 39.9 Å². The Morgan fingerprint density at radius 2 is 1.77 bits per heavy atom. The van der Waals surface area contributed by atoms with Crippen LogP contribution in [0.15, 0.2) is 36.0 Å². The molecule has 0 aromatic carbocycles. The third-order valence-electron chi connectivity index (χ3n) is 11.1. The molecule has 238 valence electrons. The number of ether oxygens (including phenoxy) is 4. The van der Waals surface area contributed by atoms with E-state index in [0.717, 1.165) is 0 Å². The van der Waals surface area contributed by atoms with E-state index in [0.29, 0.717) is 12.0 Å². The third-order valence-corrected chi connectivity index (χ3v) is 11.1. The summed E-state index contributed by atoms with van der Waals surface area (Å²) in [6.07, 6.45) is 1.96. The Kier molecular flexibility index (Phi) is 7.39. The van der Waals surface area contributed by atoms with E-state index in [2.05, 4.69) is 11.9 Å². The van der Waals surface area contributed by atoms with Crippen molar-refractivity contribution in [2.24, 2.45) is 39.9 Å². The van der Waals surface area contributed by atoms with Gasteiger partial charge in [0, 0.05) is 41.2 Å². The number of rotatable bonds is 7. The first-order valence-corrected chi connectivity index (χ1v) is 15.0. The van der Waals surface area contributed by atoms with Crippen molar-refractivity contribution >= 4 is 35.5 Å². The maximum atomic E-state index is 13.4. The van der Waals surface area contributed by atoms with Crippen molar-refractivity contribution in [1.82, 2.24) is 5.32 Å². The standard InChI is InChI=1S/C33H41NO10/c1-15(2)29(40)43-27-26(42-17(4)35)25(31(7)11-10-21(36)30(5,6)20(31)14-24(38)41-9)16(3)33-22(44-33)13-19(32(27,33)8)18-12-23(37)34-28(18)39/h10-12,15,19-20,22,25-27H,3,13-14H2,1-2,4-9H3,(H,34,37,39). The van der Waals surface area contributed by atoms with E-state index < -0.39 is 93.6 Å². The number of hydrogen-bond donors (Lipinski definition) is 1. The Labute approximate surface area is 256 Å². The van der Waals surface area contributed by atoms with Crippen molar-refractivity contribution in [3.05, 3.63) is 36.0 Å². The van der Waals surface area contributed by atoms with Crippen LogP contribution in [0.25, 0.3) is 0 Å². The predicted octanol–water partition coefficient (Wildman–Crippen LogP) is 2.77. The average molecular weight is 612 g/mol. The van der Waals surface area contributed by atoms with Crippen molar-refractivity contribution in [3.8, 4) is 0 Å². The van der Waals surface area contributed by atoms with Crippen molar-refractivity contribution in [2.75, 3.05) is 7.11 Å². The Morgan fingerprint density at radius 3 is 2.32 bits per heavy atom. The molecule has 0 aromatic rings. The van der Waals surface area contributed by atoms with Crippen LogP contribution >= 0.6 is 0 Å². The molecular weight excluding hydrogens is 570 g/mol. The van der Waals surface area contributed by atoms with Gasteiger partial charge in [-0.2, -0.15) is 0 Å². The number of epoxide rings is 1. The molecular formula is C33H41NO10. The molecule has 2 amide bonds. The lowest BCUT2D eigenvalue weighted by molar-refractivity contribution is -0.212. The number of ketones is 1. The first-order chi connectivity index (χ1) is 20.4. The molecule has 9 atom stereocenters. The number of esters is 3. The Morgan fingerprint density at radius 1 is 1.11 bits per heavy atom. The fourth-order valence-corrected chi connectivity index (χ4v) is 8.80. The van der Waals surface area contributed by atoms with Gasteiger partial charge in [0.25, 0.3) is 11.8 Å². The number of carbonyl (C=O) groups excluding carboxylic acids is 6. The third kappa shape index (κ3) is 4.25. The summed E-state index contributed by atoms with van der Waals surface area (Å²) in [5.74, 6) is -5.55. The number of allylic oxidation sites excluding steroid dienone is 2. The van der Waals surface area contributed by atoms with Crippen LogP contribution in [-0.2, 0) is 47.7 Å². The van der Waals surface area contributed by atoms with Crippen molar-refractivity contribution in [2.45, 2.75) is 85.2 Å². The molecule has 2 heterocycles. The van der Waals surface area contributed by atoms with Crippen LogP contribution in [0.5, 0.6) is 0 Å². The number of imide groups is 1. The summed E-state index contributed by atoms with van der Waals surface area (Å²) >= 11 is 0. The highest BCUT2D eigenvalue weighted by atomic mass is 16.6. The fraction of sp³-hybridized carbons (Fsp3) is 0.636. The number of nitrogens with one attached hydrogen (secondary N) is 1. The van der Waals surface area contributed by atoms with Gasteiger partial charge in [0.1, 0.15) is 17.8 Å². The molecule has 0 radical (unpaired) electrons. The molecule has 1 N–H and O–H groups in total. The second kappa shape index (κ2) is 10.2. The minimum Gasteiger partial charge on any atom is -0.469 e. The summed E-state index contributed by atoms with van der Waals surface area (Å²) in [5.41, 5.74) is -3.59. The first-order valence-electron chi connectivity index (χ1n) is 15.0. The topological polar surface area (TPSA) is 155 Å². The lowest BCUT2D eigenvalue weighted by atomic mass is 9.46. The van der Waals surface area contributed by atoms with Gasteiger partial charge in [-0.05, 0) is 24.0 Å². The molecule has 44 heavy (non-hydrogen) atoms. The summed E-state index contributed by atoms with van der Waals surface area (Å²) < 4.78 is 23.9. The highest BCUT2D eigenvalue weighted by Crippen LogP contribution is 2.75. The van der Waals surface area contributed by atoms with Crippen LogP contribution in [0.3, 0.4) is 0 Å². The molecule has 1 spiro atoms. The van der Waals surface area contributed by atoms with E-state index in [4.69, 9.17) is 18.9 Å². The van der Waals surface area contributed by atoms with Gasteiger partial charge in [-0.25, -0.2) is 0 Å². The van der Waals surface area contributed by atoms with E-state index in [1.807, 2.05) is 13.8 Å².